The second-order valence-corrected chi connectivity index (χ2v) is 9.44. The Morgan fingerprint density at radius 2 is 1.43 bits per heavy atom. The molecule has 0 N–H and O–H groups in total. The third-order valence-corrected chi connectivity index (χ3v) is 7.09. The quantitative estimate of drug-likeness (QED) is 0.174. The normalized spacial score (nSPS) is 13.2. The molecule has 0 atom stereocenters. The number of fused-ring (bicyclic) bond motifs is 3. The van der Waals surface area contributed by atoms with Gasteiger partial charge in [0, 0.05) is 28.3 Å². The molecule has 8 heteroatoms. The van der Waals surface area contributed by atoms with Crippen LogP contribution in [0.4, 0.5) is 0 Å². The van der Waals surface area contributed by atoms with Crippen molar-refractivity contribution in [1.82, 2.24) is 9.55 Å². The van der Waals surface area contributed by atoms with E-state index in [1.165, 1.54) is 12.1 Å². The topological polar surface area (TPSA) is 78.2 Å². The summed E-state index contributed by atoms with van der Waals surface area (Å²) in [5, 5.41) is 1.38. The summed E-state index contributed by atoms with van der Waals surface area (Å²) in [6.07, 6.45) is 1.55. The van der Waals surface area contributed by atoms with Gasteiger partial charge in [-0.15, -0.1) is 0 Å². The number of nitrogens with zero attached hydrogens (tertiary/aromatic N) is 2. The Hall–Kier alpha value is -4.39. The number of oxazole rings is 1. The van der Waals surface area contributed by atoms with Crippen LogP contribution in [0.15, 0.2) is 93.3 Å². The van der Waals surface area contributed by atoms with E-state index in [2.05, 4.69) is 0 Å². The number of para-hydroxylation sites is 2. The first kappa shape index (κ1) is 21.9. The highest BCUT2D eigenvalue weighted by Crippen LogP contribution is 2.36. The van der Waals surface area contributed by atoms with Crippen molar-refractivity contribution in [3.63, 3.8) is 0 Å². The van der Waals surface area contributed by atoms with Crippen molar-refractivity contribution in [3.05, 3.63) is 111 Å². The molecule has 0 saturated heterocycles. The molecule has 6 aromatic rings. The molecule has 0 radical (unpaired) electrons. The van der Waals surface area contributed by atoms with E-state index in [1.807, 2.05) is 65.2 Å². The predicted molar refractivity (Wildman–Crippen MR) is 142 cm³/mol. The summed E-state index contributed by atoms with van der Waals surface area (Å²) < 4.78 is 13.8. The summed E-state index contributed by atoms with van der Waals surface area (Å²) in [4.78, 5) is 31.0. The molecule has 1 aliphatic rings. The maximum atomic E-state index is 13.1. The van der Waals surface area contributed by atoms with Crippen molar-refractivity contribution in [2.24, 2.45) is 0 Å². The van der Waals surface area contributed by atoms with Gasteiger partial charge < -0.3 is 8.83 Å². The van der Waals surface area contributed by atoms with Gasteiger partial charge in [-0.3, -0.25) is 14.2 Å². The fourth-order valence-electron chi connectivity index (χ4n) is 4.64. The van der Waals surface area contributed by atoms with Crippen LogP contribution in [0.2, 0.25) is 10.0 Å². The first-order valence-electron chi connectivity index (χ1n) is 11.3. The van der Waals surface area contributed by atoms with Crippen molar-refractivity contribution >= 4 is 63.0 Å². The molecule has 178 valence electrons. The lowest BCUT2D eigenvalue weighted by molar-refractivity contribution is 0.0990. The lowest BCUT2D eigenvalue weighted by atomic mass is 10.1. The summed E-state index contributed by atoms with van der Waals surface area (Å²) in [6.45, 7) is 0. The van der Waals surface area contributed by atoms with Gasteiger partial charge in [0.1, 0.15) is 5.58 Å². The molecular weight excluding hydrogens is 511 g/mol. The Morgan fingerprint density at radius 3 is 2.14 bits per heavy atom. The SMILES string of the molecule is O=C1C(=Cc2cc3oc(-c4cc5ccccc5o4)nc3n2-c2ccccc2)C(=O)c2cc(Cl)c(Cl)cc21. The van der Waals surface area contributed by atoms with Crippen LogP contribution < -0.4 is 0 Å². The van der Waals surface area contributed by atoms with Gasteiger partial charge in [0.2, 0.25) is 0 Å². The number of hydrogen-bond donors (Lipinski definition) is 0. The number of Topliss-reactive ketones (excluding diaryl/α,β-unsaturated/α-hetero) is 2. The van der Waals surface area contributed by atoms with Crippen molar-refractivity contribution in [2.45, 2.75) is 0 Å². The number of benzene rings is 3. The minimum atomic E-state index is -0.410. The molecule has 0 saturated carbocycles. The van der Waals surface area contributed by atoms with E-state index in [0.29, 0.717) is 28.6 Å². The lowest BCUT2D eigenvalue weighted by Gasteiger charge is -2.07. The van der Waals surface area contributed by atoms with Crippen LogP contribution in [0.3, 0.4) is 0 Å². The van der Waals surface area contributed by atoms with Gasteiger partial charge in [0.25, 0.3) is 5.89 Å². The van der Waals surface area contributed by atoms with Gasteiger partial charge in [0.05, 0.1) is 21.3 Å². The Morgan fingerprint density at radius 1 is 0.757 bits per heavy atom. The average Bonchev–Trinajstić information content (AvgIpc) is 3.64. The molecule has 3 aromatic heterocycles. The van der Waals surface area contributed by atoms with E-state index in [0.717, 1.165) is 16.7 Å². The van der Waals surface area contributed by atoms with Crippen molar-refractivity contribution in [1.29, 1.82) is 0 Å². The Labute approximate surface area is 219 Å². The number of aromatic nitrogens is 2. The maximum Gasteiger partial charge on any atom is 0.265 e. The van der Waals surface area contributed by atoms with Gasteiger partial charge in [-0.2, -0.15) is 4.98 Å². The van der Waals surface area contributed by atoms with E-state index < -0.39 is 11.6 Å². The summed E-state index contributed by atoms with van der Waals surface area (Å²) in [5.41, 5.74) is 3.57. The molecule has 0 unspecified atom stereocenters. The minimum absolute atomic E-state index is 0.0168. The number of halogens is 2. The van der Waals surface area contributed by atoms with E-state index in [4.69, 9.17) is 37.0 Å². The fourth-order valence-corrected chi connectivity index (χ4v) is 4.97. The van der Waals surface area contributed by atoms with E-state index in [9.17, 15) is 9.59 Å². The maximum absolute atomic E-state index is 13.1. The van der Waals surface area contributed by atoms with Crippen LogP contribution in [0, 0.1) is 0 Å². The van der Waals surface area contributed by atoms with Crippen LogP contribution in [-0.4, -0.2) is 21.1 Å². The third-order valence-electron chi connectivity index (χ3n) is 6.37. The smallest absolute Gasteiger partial charge is 0.265 e. The highest BCUT2D eigenvalue weighted by atomic mass is 35.5. The zero-order valence-electron chi connectivity index (χ0n) is 18.9. The minimum Gasteiger partial charge on any atom is -0.451 e. The van der Waals surface area contributed by atoms with Crippen LogP contribution in [0.1, 0.15) is 26.4 Å². The van der Waals surface area contributed by atoms with Gasteiger partial charge in [0.15, 0.2) is 28.6 Å². The zero-order valence-corrected chi connectivity index (χ0v) is 20.4. The van der Waals surface area contributed by atoms with E-state index in [-0.39, 0.29) is 26.7 Å². The van der Waals surface area contributed by atoms with Gasteiger partial charge >= 0.3 is 0 Å². The molecule has 1 aliphatic carbocycles. The molecule has 0 spiro atoms. The summed E-state index contributed by atoms with van der Waals surface area (Å²) in [6, 6.07) is 23.7. The number of hydrogen-bond acceptors (Lipinski definition) is 5. The molecule has 0 bridgehead atoms. The molecule has 7 rings (SSSR count). The highest BCUT2D eigenvalue weighted by molar-refractivity contribution is 6.46. The first-order valence-corrected chi connectivity index (χ1v) is 12.1. The average molecular weight is 525 g/mol. The molecular formula is C29H14Cl2N2O4. The van der Waals surface area contributed by atoms with Crippen LogP contribution in [0.25, 0.3) is 45.6 Å². The number of rotatable bonds is 3. The van der Waals surface area contributed by atoms with Gasteiger partial charge in [-0.05, 0) is 42.5 Å². The summed E-state index contributed by atoms with van der Waals surface area (Å²) >= 11 is 12.2. The number of ketones is 2. The Balaban J connectivity index is 1.40. The molecule has 0 aliphatic heterocycles. The fraction of sp³-hybridized carbons (Fsp3) is 0. The molecule has 0 amide bonds. The summed E-state index contributed by atoms with van der Waals surface area (Å²) in [7, 11) is 0. The molecule has 0 fully saturated rings. The van der Waals surface area contributed by atoms with Gasteiger partial charge in [-0.25, -0.2) is 0 Å². The molecule has 3 heterocycles. The highest BCUT2D eigenvalue weighted by Gasteiger charge is 2.34. The lowest BCUT2D eigenvalue weighted by Crippen LogP contribution is -2.03. The largest absolute Gasteiger partial charge is 0.451 e. The molecule has 37 heavy (non-hydrogen) atoms. The van der Waals surface area contributed by atoms with Crippen LogP contribution >= 0.6 is 23.2 Å². The standard InChI is InChI=1S/C29H14Cl2N2O4/c30-21-13-18-19(14-22(21)31)27(35)20(26(18)34)11-17-12-24-28(33(17)16-7-2-1-3-8-16)32-29(37-24)25-10-15-6-4-5-9-23(15)36-25/h1-14H. The van der Waals surface area contributed by atoms with E-state index in [1.54, 1.807) is 12.1 Å². The van der Waals surface area contributed by atoms with Crippen molar-refractivity contribution in [3.8, 4) is 17.3 Å². The first-order chi connectivity index (χ1) is 18.0. The number of carbonyl (C=O) groups is 2. The second kappa shape index (κ2) is 8.06. The zero-order chi connectivity index (χ0) is 25.3. The van der Waals surface area contributed by atoms with Crippen molar-refractivity contribution in [2.75, 3.05) is 0 Å². The van der Waals surface area contributed by atoms with Crippen LogP contribution in [-0.2, 0) is 0 Å². The second-order valence-electron chi connectivity index (χ2n) is 8.62. The van der Waals surface area contributed by atoms with Crippen molar-refractivity contribution < 1.29 is 18.4 Å². The monoisotopic (exact) mass is 524 g/mol. The van der Waals surface area contributed by atoms with E-state index >= 15 is 0 Å². The molecule has 6 nitrogen and oxygen atoms in total. The van der Waals surface area contributed by atoms with Crippen LogP contribution in [0.5, 0.6) is 0 Å². The van der Waals surface area contributed by atoms with Gasteiger partial charge in [-0.1, -0.05) is 59.6 Å². The number of carbonyl (C=O) groups excluding carboxylic acids is 2. The Kier molecular flexibility index (Phi) is 4.76. The predicted octanol–water partition coefficient (Wildman–Crippen LogP) is 7.80. The summed E-state index contributed by atoms with van der Waals surface area (Å²) in [5.74, 6) is 0.0101. The molecule has 3 aromatic carbocycles. The number of allylic oxidation sites excluding steroid dienone is 1. The Bertz CT molecular complexity index is 1870. The third kappa shape index (κ3) is 3.38. The number of furan rings is 1.